The molecule has 0 bridgehead atoms. The van der Waals surface area contributed by atoms with Gasteiger partial charge in [0.1, 0.15) is 12.1 Å². The van der Waals surface area contributed by atoms with Crippen LogP contribution in [0.2, 0.25) is 0 Å². The van der Waals surface area contributed by atoms with Crippen LogP contribution in [-0.4, -0.2) is 60.8 Å². The van der Waals surface area contributed by atoms with E-state index < -0.39 is 41.8 Å². The highest BCUT2D eigenvalue weighted by Gasteiger charge is 2.26. The van der Waals surface area contributed by atoms with Crippen LogP contribution < -0.4 is 38.9 Å². The Morgan fingerprint density at radius 2 is 1.32 bits per heavy atom. The summed E-state index contributed by atoms with van der Waals surface area (Å²) in [6, 6.07) is 15.3. The first-order valence-corrected chi connectivity index (χ1v) is 12.2. The molecule has 0 aliphatic carbocycles. The summed E-state index contributed by atoms with van der Waals surface area (Å²) in [6.07, 6.45) is 1.17. The van der Waals surface area contributed by atoms with E-state index in [1.54, 1.807) is 0 Å². The number of nitrogens with one attached hydrogen (secondary N) is 3. The quantitative estimate of drug-likeness (QED) is 0.0822. The summed E-state index contributed by atoms with van der Waals surface area (Å²) < 4.78 is 0. The van der Waals surface area contributed by atoms with Crippen molar-refractivity contribution in [2.45, 2.75) is 43.8 Å². The number of hydrogen-bond donors (Lipinski definition) is 7. The Labute approximate surface area is 221 Å². The minimum Gasteiger partial charge on any atom is -0.370 e. The average Bonchev–Trinajstić information content (AvgIpc) is 2.89. The first kappa shape index (κ1) is 29.8. The highest BCUT2D eigenvalue weighted by molar-refractivity contribution is 5.93. The van der Waals surface area contributed by atoms with Crippen LogP contribution in [0.4, 0.5) is 0 Å². The van der Waals surface area contributed by atoms with E-state index in [9.17, 15) is 19.2 Å². The number of amides is 4. The van der Waals surface area contributed by atoms with E-state index in [1.165, 1.54) is 0 Å². The molecule has 0 aliphatic heterocycles. The van der Waals surface area contributed by atoms with Gasteiger partial charge in [0.05, 0.1) is 12.6 Å². The fourth-order valence-corrected chi connectivity index (χ4v) is 3.60. The Morgan fingerprint density at radius 3 is 1.84 bits per heavy atom. The van der Waals surface area contributed by atoms with Crippen LogP contribution in [0.5, 0.6) is 0 Å². The minimum atomic E-state index is -1.02. The molecule has 0 radical (unpaired) electrons. The van der Waals surface area contributed by atoms with Crippen LogP contribution in [-0.2, 0) is 32.0 Å². The van der Waals surface area contributed by atoms with Crippen molar-refractivity contribution < 1.29 is 19.2 Å². The number of carbonyl (C=O) groups excluding carboxylic acids is 4. The molecule has 0 spiro atoms. The lowest BCUT2D eigenvalue weighted by atomic mass is 10.0. The summed E-state index contributed by atoms with van der Waals surface area (Å²) in [7, 11) is 0. The lowest BCUT2D eigenvalue weighted by Crippen LogP contribution is -2.55. The van der Waals surface area contributed by atoms with Crippen molar-refractivity contribution >= 4 is 29.6 Å². The molecule has 2 rings (SSSR count). The van der Waals surface area contributed by atoms with Crippen molar-refractivity contribution in [1.82, 2.24) is 16.0 Å². The summed E-state index contributed by atoms with van der Waals surface area (Å²) in [4.78, 5) is 53.9. The topological polar surface area (TPSA) is 221 Å². The van der Waals surface area contributed by atoms with Gasteiger partial charge in [-0.3, -0.25) is 24.2 Å². The maximum atomic E-state index is 13.2. The number of benzene rings is 2. The number of rotatable bonds is 15. The van der Waals surface area contributed by atoms with E-state index in [0.29, 0.717) is 19.4 Å². The molecule has 38 heavy (non-hydrogen) atoms. The SMILES string of the molecule is NC(=O)[C@H](Cc1ccccc1)NC(=O)[C@H](Cc1ccccc1)NC(=O)CNC(=O)[C@@H](N)CCCN=C(N)N. The Bertz CT molecular complexity index is 1090. The molecule has 12 nitrogen and oxygen atoms in total. The molecule has 204 valence electrons. The second-order valence-electron chi connectivity index (χ2n) is 8.74. The normalized spacial score (nSPS) is 12.9. The Morgan fingerprint density at radius 1 is 0.763 bits per heavy atom. The van der Waals surface area contributed by atoms with E-state index in [-0.39, 0.29) is 25.3 Å². The molecule has 3 atom stereocenters. The molecule has 0 aliphatic rings. The van der Waals surface area contributed by atoms with Gasteiger partial charge in [0, 0.05) is 19.4 Å². The van der Waals surface area contributed by atoms with Gasteiger partial charge >= 0.3 is 0 Å². The number of hydrogen-bond acceptors (Lipinski definition) is 6. The highest BCUT2D eigenvalue weighted by Crippen LogP contribution is 2.07. The first-order valence-electron chi connectivity index (χ1n) is 12.2. The van der Waals surface area contributed by atoms with Crippen LogP contribution in [0.1, 0.15) is 24.0 Å². The molecule has 0 saturated carbocycles. The molecule has 2 aromatic carbocycles. The number of guanidine groups is 1. The second kappa shape index (κ2) is 15.6. The smallest absolute Gasteiger partial charge is 0.243 e. The second-order valence-corrected chi connectivity index (χ2v) is 8.74. The maximum absolute atomic E-state index is 13.2. The van der Waals surface area contributed by atoms with Gasteiger partial charge < -0.3 is 38.9 Å². The molecule has 0 aromatic heterocycles. The third-order valence-electron chi connectivity index (χ3n) is 5.60. The van der Waals surface area contributed by atoms with Gasteiger partial charge in [-0.1, -0.05) is 60.7 Å². The van der Waals surface area contributed by atoms with Crippen molar-refractivity contribution in [2.75, 3.05) is 13.1 Å². The summed E-state index contributed by atoms with van der Waals surface area (Å²) in [5, 5.41) is 7.74. The number of nitrogens with two attached hydrogens (primary N) is 4. The number of primary amides is 1. The maximum Gasteiger partial charge on any atom is 0.243 e. The van der Waals surface area contributed by atoms with Crippen LogP contribution in [0.25, 0.3) is 0 Å². The predicted molar refractivity (Wildman–Crippen MR) is 144 cm³/mol. The van der Waals surface area contributed by atoms with Gasteiger partial charge in [0.25, 0.3) is 0 Å². The lowest BCUT2D eigenvalue weighted by Gasteiger charge is -2.22. The van der Waals surface area contributed by atoms with Gasteiger partial charge in [-0.15, -0.1) is 0 Å². The fraction of sp³-hybridized carbons (Fsp3) is 0.346. The van der Waals surface area contributed by atoms with E-state index >= 15 is 0 Å². The van der Waals surface area contributed by atoms with E-state index in [4.69, 9.17) is 22.9 Å². The molecular weight excluding hydrogens is 488 g/mol. The van der Waals surface area contributed by atoms with Crippen molar-refractivity contribution in [3.63, 3.8) is 0 Å². The van der Waals surface area contributed by atoms with Gasteiger partial charge in [0.15, 0.2) is 5.96 Å². The molecule has 12 heteroatoms. The zero-order valence-corrected chi connectivity index (χ0v) is 21.1. The largest absolute Gasteiger partial charge is 0.370 e. The van der Waals surface area contributed by atoms with E-state index in [1.807, 2.05) is 60.7 Å². The van der Waals surface area contributed by atoms with Gasteiger partial charge in [0.2, 0.25) is 23.6 Å². The Kier molecular flexibility index (Phi) is 12.2. The molecule has 4 amide bonds. The molecular formula is C26H36N8O4. The van der Waals surface area contributed by atoms with Crippen molar-refractivity contribution in [3.05, 3.63) is 71.8 Å². The third-order valence-corrected chi connectivity index (χ3v) is 5.60. The molecule has 0 heterocycles. The van der Waals surface area contributed by atoms with Crippen molar-refractivity contribution in [1.29, 1.82) is 0 Å². The molecule has 0 saturated heterocycles. The number of aliphatic imine (C=N–C) groups is 1. The molecule has 0 fully saturated rings. The van der Waals surface area contributed by atoms with Crippen LogP contribution in [0.3, 0.4) is 0 Å². The zero-order chi connectivity index (χ0) is 27.9. The van der Waals surface area contributed by atoms with Gasteiger partial charge in [-0.2, -0.15) is 0 Å². The summed E-state index contributed by atoms with van der Waals surface area (Å²) in [6.45, 7) is -0.0566. The first-order chi connectivity index (χ1) is 18.2. The third kappa shape index (κ3) is 11.1. The fourth-order valence-electron chi connectivity index (χ4n) is 3.60. The molecule has 0 unspecified atom stereocenters. The van der Waals surface area contributed by atoms with E-state index in [0.717, 1.165) is 11.1 Å². The zero-order valence-electron chi connectivity index (χ0n) is 21.1. The number of carbonyl (C=O) groups is 4. The van der Waals surface area contributed by atoms with Crippen LogP contribution in [0, 0.1) is 0 Å². The monoisotopic (exact) mass is 524 g/mol. The van der Waals surface area contributed by atoms with Gasteiger partial charge in [-0.05, 0) is 24.0 Å². The van der Waals surface area contributed by atoms with E-state index in [2.05, 4.69) is 20.9 Å². The van der Waals surface area contributed by atoms with Crippen LogP contribution in [0.15, 0.2) is 65.7 Å². The van der Waals surface area contributed by atoms with Gasteiger partial charge in [-0.25, -0.2) is 0 Å². The molecule has 11 N–H and O–H groups in total. The Balaban J connectivity index is 1.99. The van der Waals surface area contributed by atoms with Crippen molar-refractivity contribution in [2.24, 2.45) is 27.9 Å². The number of nitrogens with zero attached hydrogens (tertiary/aromatic N) is 1. The Hall–Kier alpha value is -4.45. The standard InChI is InChI=1S/C26H36N8O4/c27-19(12-7-13-31-26(29)30)24(37)32-16-22(35)33-21(15-18-10-5-2-6-11-18)25(38)34-20(23(28)36)14-17-8-3-1-4-9-17/h1-6,8-11,19-21H,7,12-16,27H2,(H2,28,36)(H,32,37)(H,33,35)(H,34,38)(H4,29,30,31)/t19-,20-,21-/m0/s1. The minimum absolute atomic E-state index is 0.0454. The predicted octanol–water partition coefficient (Wildman–Crippen LogP) is -1.58. The highest BCUT2D eigenvalue weighted by atomic mass is 16.2. The summed E-state index contributed by atoms with van der Waals surface area (Å²) >= 11 is 0. The van der Waals surface area contributed by atoms with Crippen molar-refractivity contribution in [3.8, 4) is 0 Å². The molecule has 2 aromatic rings. The summed E-state index contributed by atoms with van der Waals surface area (Å²) in [5.74, 6) is -2.44. The lowest BCUT2D eigenvalue weighted by molar-refractivity contribution is -0.131. The van der Waals surface area contributed by atoms with Crippen LogP contribution >= 0.6 is 0 Å². The average molecular weight is 525 g/mol. The summed E-state index contributed by atoms with van der Waals surface area (Å²) in [5.41, 5.74) is 23.5.